The van der Waals surface area contributed by atoms with E-state index >= 15 is 0 Å². The summed E-state index contributed by atoms with van der Waals surface area (Å²) in [6, 6.07) is 124. The molecule has 0 radical (unpaired) electrons. The van der Waals surface area contributed by atoms with E-state index in [2.05, 4.69) is 350 Å². The summed E-state index contributed by atoms with van der Waals surface area (Å²) in [5.41, 5.74) is 19.5. The van der Waals surface area contributed by atoms with Gasteiger partial charge in [-0.1, -0.05) is 261 Å². The SMILES string of the molecule is c1cc(-c2ccccc2N(c2cccc(-c3ccc4ccccc4c3)c2)c2ccc3c(ccc4ccccc43)c2)cc(N(c2ccc(-c3ccc(-c4cccc5ccccc45)cc3)cc2)c2ccc(-c3cccc4c3oc3ccc5ccccc5c34)cc2)c1. The maximum Gasteiger partial charge on any atom is 0.143 e. The van der Waals surface area contributed by atoms with Crippen LogP contribution >= 0.6 is 0 Å². The van der Waals surface area contributed by atoms with E-state index < -0.39 is 0 Å². The summed E-state index contributed by atoms with van der Waals surface area (Å²) in [6.45, 7) is 0. The van der Waals surface area contributed by atoms with E-state index in [1.807, 2.05) is 0 Å². The van der Waals surface area contributed by atoms with Gasteiger partial charge >= 0.3 is 0 Å². The number of anilines is 6. The first-order valence-electron chi connectivity index (χ1n) is 30.5. The van der Waals surface area contributed by atoms with E-state index in [4.69, 9.17) is 4.42 Å². The highest BCUT2D eigenvalue weighted by Crippen LogP contribution is 2.47. The maximum atomic E-state index is 6.75. The van der Waals surface area contributed by atoms with E-state index in [1.54, 1.807) is 0 Å². The van der Waals surface area contributed by atoms with Gasteiger partial charge in [-0.15, -0.1) is 0 Å². The van der Waals surface area contributed by atoms with Crippen LogP contribution in [0.2, 0.25) is 0 Å². The number of hydrogen-bond acceptors (Lipinski definition) is 3. The van der Waals surface area contributed by atoms with Crippen LogP contribution in [0.25, 0.3) is 131 Å². The normalized spacial score (nSPS) is 11.6. The topological polar surface area (TPSA) is 19.6 Å². The molecular formula is C86H56N2O. The monoisotopic (exact) mass is 1130 g/mol. The molecule has 416 valence electrons. The van der Waals surface area contributed by atoms with Gasteiger partial charge in [-0.2, -0.15) is 0 Å². The lowest BCUT2D eigenvalue weighted by Gasteiger charge is -2.29. The second-order valence-corrected chi connectivity index (χ2v) is 23.2. The molecular weight excluding hydrogens is 1080 g/mol. The molecule has 0 bridgehead atoms. The summed E-state index contributed by atoms with van der Waals surface area (Å²) in [6.07, 6.45) is 0. The minimum atomic E-state index is 0.891. The number of para-hydroxylation sites is 2. The van der Waals surface area contributed by atoms with Crippen LogP contribution in [0.5, 0.6) is 0 Å². The third-order valence-electron chi connectivity index (χ3n) is 18.0. The highest BCUT2D eigenvalue weighted by atomic mass is 16.3. The van der Waals surface area contributed by atoms with Crippen molar-refractivity contribution in [3.05, 3.63) is 340 Å². The zero-order valence-corrected chi connectivity index (χ0v) is 48.6. The molecule has 3 nitrogen and oxygen atoms in total. The van der Waals surface area contributed by atoms with Gasteiger partial charge in [0.1, 0.15) is 11.2 Å². The Hall–Kier alpha value is -11.8. The predicted octanol–water partition coefficient (Wildman–Crippen LogP) is 24.6. The van der Waals surface area contributed by atoms with Crippen molar-refractivity contribution in [1.29, 1.82) is 0 Å². The van der Waals surface area contributed by atoms with Gasteiger partial charge in [0, 0.05) is 50.3 Å². The molecule has 0 fully saturated rings. The average molecular weight is 1130 g/mol. The van der Waals surface area contributed by atoms with Crippen molar-refractivity contribution in [2.75, 3.05) is 9.80 Å². The molecule has 1 heterocycles. The molecule has 16 aromatic carbocycles. The molecule has 0 amide bonds. The third-order valence-corrected chi connectivity index (χ3v) is 18.0. The Kier molecular flexibility index (Phi) is 12.5. The number of rotatable bonds is 11. The number of fused-ring (bicyclic) bond motifs is 10. The fraction of sp³-hybridized carbons (Fsp3) is 0. The summed E-state index contributed by atoms with van der Waals surface area (Å²) in [5.74, 6) is 0. The van der Waals surface area contributed by atoms with Gasteiger partial charge in [0.05, 0.1) is 5.69 Å². The smallest absolute Gasteiger partial charge is 0.143 e. The Balaban J connectivity index is 0.785. The van der Waals surface area contributed by atoms with Crippen molar-refractivity contribution < 1.29 is 4.42 Å². The Labute approximate surface area is 516 Å². The summed E-state index contributed by atoms with van der Waals surface area (Å²) >= 11 is 0. The maximum absolute atomic E-state index is 6.75. The Bertz CT molecular complexity index is 5560. The summed E-state index contributed by atoms with van der Waals surface area (Å²) in [4.78, 5) is 4.83. The van der Waals surface area contributed by atoms with Gasteiger partial charge < -0.3 is 14.2 Å². The number of hydrogen-bond donors (Lipinski definition) is 0. The minimum Gasteiger partial charge on any atom is -0.455 e. The average Bonchev–Trinajstić information content (AvgIpc) is 1.79. The van der Waals surface area contributed by atoms with Crippen molar-refractivity contribution in [2.45, 2.75) is 0 Å². The second-order valence-electron chi connectivity index (χ2n) is 23.2. The fourth-order valence-electron chi connectivity index (χ4n) is 13.6. The zero-order chi connectivity index (χ0) is 58.8. The van der Waals surface area contributed by atoms with E-state index in [9.17, 15) is 0 Å². The molecule has 0 aliphatic carbocycles. The van der Waals surface area contributed by atoms with E-state index in [0.717, 1.165) is 95.0 Å². The molecule has 0 atom stereocenters. The first kappa shape index (κ1) is 51.6. The van der Waals surface area contributed by atoms with E-state index in [-0.39, 0.29) is 0 Å². The van der Waals surface area contributed by atoms with Crippen LogP contribution in [0.1, 0.15) is 0 Å². The fourth-order valence-corrected chi connectivity index (χ4v) is 13.6. The molecule has 0 saturated carbocycles. The molecule has 0 unspecified atom stereocenters. The van der Waals surface area contributed by atoms with Crippen LogP contribution in [0.15, 0.2) is 344 Å². The van der Waals surface area contributed by atoms with Crippen molar-refractivity contribution >= 4 is 110 Å². The van der Waals surface area contributed by atoms with Crippen LogP contribution in [0.3, 0.4) is 0 Å². The van der Waals surface area contributed by atoms with Gasteiger partial charge in [-0.3, -0.25) is 0 Å². The molecule has 0 spiro atoms. The van der Waals surface area contributed by atoms with Crippen LogP contribution < -0.4 is 9.80 Å². The molecule has 3 heteroatoms. The molecule has 0 N–H and O–H groups in total. The van der Waals surface area contributed by atoms with Crippen LogP contribution in [-0.2, 0) is 0 Å². The Morgan fingerprint density at radius 2 is 0.652 bits per heavy atom. The quantitative estimate of drug-likeness (QED) is 0.120. The van der Waals surface area contributed by atoms with Gasteiger partial charge in [0.2, 0.25) is 0 Å². The van der Waals surface area contributed by atoms with Gasteiger partial charge in [-0.05, 0) is 177 Å². The van der Waals surface area contributed by atoms with Gasteiger partial charge in [0.25, 0.3) is 0 Å². The first-order chi connectivity index (χ1) is 44.1. The van der Waals surface area contributed by atoms with E-state index in [0.29, 0.717) is 0 Å². The highest BCUT2D eigenvalue weighted by Gasteiger charge is 2.22. The number of benzene rings is 16. The molecule has 17 rings (SSSR count). The second kappa shape index (κ2) is 21.6. The van der Waals surface area contributed by atoms with Gasteiger partial charge in [0.15, 0.2) is 0 Å². The van der Waals surface area contributed by atoms with E-state index in [1.165, 1.54) is 70.6 Å². The lowest BCUT2D eigenvalue weighted by molar-refractivity contribution is 0.670. The first-order valence-corrected chi connectivity index (χ1v) is 30.5. The lowest BCUT2D eigenvalue weighted by atomic mass is 9.96. The summed E-state index contributed by atoms with van der Waals surface area (Å²) in [5, 5.41) is 14.5. The van der Waals surface area contributed by atoms with Crippen LogP contribution in [0.4, 0.5) is 34.1 Å². The summed E-state index contributed by atoms with van der Waals surface area (Å²) in [7, 11) is 0. The molecule has 0 saturated heterocycles. The molecule has 89 heavy (non-hydrogen) atoms. The zero-order valence-electron chi connectivity index (χ0n) is 48.6. The summed E-state index contributed by atoms with van der Waals surface area (Å²) < 4.78 is 6.75. The standard InChI is InChI=1S/C86H56N2O/c1-2-19-65-53-67(39-35-57(65)15-1)66-21-11-24-73(54-66)88(74-50-51-78-69(56-74)40-38-61-17-4-7-26-76(61)78)83-32-10-9-27-79(83)68-22-12-23-72(55-68)87(70-46-41-59(42-47-70)58-33-36-63(37-34-58)77-29-13-20-60-16-3-6-25-75(60)77)71-48-43-64(44-49-71)81-30-14-31-82-85-80-28-8-5-18-62(80)45-52-84(85)89-86(81)82/h1-56H. The molecule has 0 aliphatic rings. The predicted molar refractivity (Wildman–Crippen MR) is 378 cm³/mol. The third kappa shape index (κ3) is 9.24. The van der Waals surface area contributed by atoms with Crippen molar-refractivity contribution in [3.63, 3.8) is 0 Å². The number of nitrogens with zero attached hydrogens (tertiary/aromatic N) is 2. The Morgan fingerprint density at radius 1 is 0.202 bits per heavy atom. The van der Waals surface area contributed by atoms with Crippen molar-refractivity contribution in [1.82, 2.24) is 0 Å². The molecule has 0 aliphatic heterocycles. The van der Waals surface area contributed by atoms with Crippen LogP contribution in [-0.4, -0.2) is 0 Å². The van der Waals surface area contributed by atoms with Crippen molar-refractivity contribution in [3.8, 4) is 55.6 Å². The van der Waals surface area contributed by atoms with Gasteiger partial charge in [-0.25, -0.2) is 0 Å². The molecule has 1 aromatic heterocycles. The van der Waals surface area contributed by atoms with Crippen LogP contribution in [0, 0.1) is 0 Å². The highest BCUT2D eigenvalue weighted by molar-refractivity contribution is 6.21. The lowest BCUT2D eigenvalue weighted by Crippen LogP contribution is -2.12. The largest absolute Gasteiger partial charge is 0.455 e. The van der Waals surface area contributed by atoms with Crippen molar-refractivity contribution in [2.24, 2.45) is 0 Å². The Morgan fingerprint density at radius 3 is 1.44 bits per heavy atom. The number of furan rings is 1. The minimum absolute atomic E-state index is 0.891. The molecule has 17 aromatic rings.